The Labute approximate surface area is 118 Å². The van der Waals surface area contributed by atoms with Crippen LogP contribution in [0.5, 0.6) is 0 Å². The van der Waals surface area contributed by atoms with Crippen molar-refractivity contribution in [3.63, 3.8) is 0 Å². The Bertz CT molecular complexity index is 252. The molecule has 0 bridgehead atoms. The highest BCUT2D eigenvalue weighted by Crippen LogP contribution is 2.12. The molecule has 0 spiro atoms. The summed E-state index contributed by atoms with van der Waals surface area (Å²) in [5, 5.41) is 3.71. The first-order valence-corrected chi connectivity index (χ1v) is 7.89. The molecule has 1 unspecified atom stereocenters. The number of likely N-dealkylation sites (N-methyl/N-ethyl adjacent to an activating group) is 1. The average molecular weight is 269 g/mol. The minimum Gasteiger partial charge on any atom is -0.374 e. The minimum atomic E-state index is 0.382. The zero-order chi connectivity index (χ0) is 13.7. The lowest BCUT2D eigenvalue weighted by Gasteiger charge is -2.35. The van der Waals surface area contributed by atoms with Crippen molar-refractivity contribution in [2.75, 3.05) is 52.9 Å². The molecule has 2 aliphatic rings. The maximum absolute atomic E-state index is 5.80. The number of rotatable bonds is 5. The molecule has 4 heteroatoms. The Morgan fingerprint density at radius 2 is 1.95 bits per heavy atom. The van der Waals surface area contributed by atoms with Crippen molar-refractivity contribution in [3.8, 4) is 0 Å². The summed E-state index contributed by atoms with van der Waals surface area (Å²) in [6, 6.07) is 0.694. The highest BCUT2D eigenvalue weighted by molar-refractivity contribution is 4.80. The average Bonchev–Trinajstić information content (AvgIpc) is 2.37. The second kappa shape index (κ2) is 7.58. The summed E-state index contributed by atoms with van der Waals surface area (Å²) in [6.45, 7) is 12.4. The summed E-state index contributed by atoms with van der Waals surface area (Å²) in [6.07, 6.45) is 2.96. The highest BCUT2D eigenvalue weighted by Gasteiger charge is 2.22. The van der Waals surface area contributed by atoms with Gasteiger partial charge < -0.3 is 19.9 Å². The fourth-order valence-electron chi connectivity index (χ4n) is 3.12. The topological polar surface area (TPSA) is 27.7 Å². The summed E-state index contributed by atoms with van der Waals surface area (Å²) in [5.41, 5.74) is 0. The van der Waals surface area contributed by atoms with E-state index in [4.69, 9.17) is 4.74 Å². The molecule has 1 atom stereocenters. The lowest BCUT2D eigenvalue weighted by molar-refractivity contribution is -0.0201. The molecule has 0 aliphatic carbocycles. The van der Waals surface area contributed by atoms with Gasteiger partial charge in [0.15, 0.2) is 0 Å². The number of hydrogen-bond donors (Lipinski definition) is 1. The van der Waals surface area contributed by atoms with Gasteiger partial charge >= 0.3 is 0 Å². The summed E-state index contributed by atoms with van der Waals surface area (Å²) >= 11 is 0. The third kappa shape index (κ3) is 5.38. The quantitative estimate of drug-likeness (QED) is 0.807. The van der Waals surface area contributed by atoms with Crippen LogP contribution >= 0.6 is 0 Å². The van der Waals surface area contributed by atoms with Crippen LogP contribution in [0.2, 0.25) is 0 Å². The maximum Gasteiger partial charge on any atom is 0.0826 e. The highest BCUT2D eigenvalue weighted by atomic mass is 16.5. The number of hydrogen-bond acceptors (Lipinski definition) is 4. The van der Waals surface area contributed by atoms with Gasteiger partial charge in [-0.3, -0.25) is 0 Å². The third-order valence-corrected chi connectivity index (χ3v) is 4.19. The molecule has 0 amide bonds. The summed E-state index contributed by atoms with van der Waals surface area (Å²) in [5.74, 6) is 0.788. The van der Waals surface area contributed by atoms with Crippen molar-refractivity contribution < 1.29 is 4.74 Å². The summed E-state index contributed by atoms with van der Waals surface area (Å²) in [4.78, 5) is 4.97. The number of ether oxygens (including phenoxy) is 1. The van der Waals surface area contributed by atoms with Gasteiger partial charge in [0.05, 0.1) is 12.7 Å². The first-order chi connectivity index (χ1) is 9.13. The molecule has 2 heterocycles. The van der Waals surface area contributed by atoms with E-state index in [0.717, 1.165) is 32.2 Å². The van der Waals surface area contributed by atoms with Crippen LogP contribution in [0, 0.1) is 5.92 Å². The maximum atomic E-state index is 5.80. The number of nitrogens with one attached hydrogen (secondary N) is 1. The predicted octanol–water partition coefficient (Wildman–Crippen LogP) is 1.03. The number of morpholine rings is 1. The largest absolute Gasteiger partial charge is 0.374 e. The second-order valence-electron chi connectivity index (χ2n) is 6.63. The van der Waals surface area contributed by atoms with Crippen LogP contribution in [-0.2, 0) is 4.74 Å². The number of piperidine rings is 1. The first kappa shape index (κ1) is 15.2. The fourth-order valence-corrected chi connectivity index (χ4v) is 3.12. The molecule has 112 valence electrons. The molecular formula is C15H31N3O. The SMILES string of the molecule is CC(C)CN1CCC(NCC2CN(C)CCO2)CC1. The van der Waals surface area contributed by atoms with E-state index in [-0.39, 0.29) is 0 Å². The van der Waals surface area contributed by atoms with E-state index in [1.165, 1.54) is 32.5 Å². The molecule has 1 N–H and O–H groups in total. The lowest BCUT2D eigenvalue weighted by atomic mass is 10.0. The monoisotopic (exact) mass is 269 g/mol. The number of nitrogens with zero attached hydrogens (tertiary/aromatic N) is 2. The van der Waals surface area contributed by atoms with Crippen molar-refractivity contribution in [1.82, 2.24) is 15.1 Å². The Kier molecular flexibility index (Phi) is 6.07. The van der Waals surface area contributed by atoms with Gasteiger partial charge in [-0.15, -0.1) is 0 Å². The van der Waals surface area contributed by atoms with Gasteiger partial charge in [0.1, 0.15) is 0 Å². The molecule has 0 radical (unpaired) electrons. The standard InChI is InChI=1S/C15H31N3O/c1-13(2)11-18-6-4-14(5-7-18)16-10-15-12-17(3)8-9-19-15/h13-16H,4-12H2,1-3H3. The normalized spacial score (nSPS) is 28.1. The summed E-state index contributed by atoms with van der Waals surface area (Å²) in [7, 11) is 2.18. The zero-order valence-corrected chi connectivity index (χ0v) is 12.9. The molecule has 0 aromatic rings. The van der Waals surface area contributed by atoms with Gasteiger partial charge in [0.2, 0.25) is 0 Å². The van der Waals surface area contributed by atoms with Crippen LogP contribution in [0.25, 0.3) is 0 Å². The molecular weight excluding hydrogens is 238 g/mol. The van der Waals surface area contributed by atoms with Crippen molar-refractivity contribution in [1.29, 1.82) is 0 Å². The van der Waals surface area contributed by atoms with Crippen LogP contribution in [0.15, 0.2) is 0 Å². The van der Waals surface area contributed by atoms with Crippen molar-refractivity contribution in [2.45, 2.75) is 38.8 Å². The second-order valence-corrected chi connectivity index (χ2v) is 6.63. The van der Waals surface area contributed by atoms with Gasteiger partial charge in [0, 0.05) is 32.2 Å². The van der Waals surface area contributed by atoms with E-state index >= 15 is 0 Å². The molecule has 0 aromatic heterocycles. The van der Waals surface area contributed by atoms with E-state index in [9.17, 15) is 0 Å². The van der Waals surface area contributed by atoms with Crippen molar-refractivity contribution >= 4 is 0 Å². The Morgan fingerprint density at radius 3 is 2.58 bits per heavy atom. The lowest BCUT2D eigenvalue weighted by Crippen LogP contribution is -2.49. The van der Waals surface area contributed by atoms with Gasteiger partial charge in [-0.25, -0.2) is 0 Å². The Morgan fingerprint density at radius 1 is 1.21 bits per heavy atom. The molecule has 2 fully saturated rings. The zero-order valence-electron chi connectivity index (χ0n) is 12.9. The van der Waals surface area contributed by atoms with Crippen LogP contribution in [-0.4, -0.2) is 74.9 Å². The van der Waals surface area contributed by atoms with Crippen LogP contribution < -0.4 is 5.32 Å². The van der Waals surface area contributed by atoms with Crippen LogP contribution in [0.3, 0.4) is 0 Å². The Balaban J connectivity index is 1.60. The fraction of sp³-hybridized carbons (Fsp3) is 1.00. The molecule has 2 aliphatic heterocycles. The van der Waals surface area contributed by atoms with Crippen LogP contribution in [0.1, 0.15) is 26.7 Å². The molecule has 2 saturated heterocycles. The predicted molar refractivity (Wildman–Crippen MR) is 79.5 cm³/mol. The van der Waals surface area contributed by atoms with Gasteiger partial charge in [0.25, 0.3) is 0 Å². The third-order valence-electron chi connectivity index (χ3n) is 4.19. The molecule has 0 aromatic carbocycles. The minimum absolute atomic E-state index is 0.382. The van der Waals surface area contributed by atoms with E-state index in [1.54, 1.807) is 0 Å². The van der Waals surface area contributed by atoms with Gasteiger partial charge in [-0.1, -0.05) is 13.8 Å². The van der Waals surface area contributed by atoms with Gasteiger partial charge in [-0.05, 0) is 38.9 Å². The van der Waals surface area contributed by atoms with E-state index in [1.807, 2.05) is 0 Å². The first-order valence-electron chi connectivity index (χ1n) is 7.89. The van der Waals surface area contributed by atoms with E-state index in [0.29, 0.717) is 12.1 Å². The molecule has 0 saturated carbocycles. The van der Waals surface area contributed by atoms with E-state index in [2.05, 4.69) is 36.0 Å². The smallest absolute Gasteiger partial charge is 0.0826 e. The molecule has 4 nitrogen and oxygen atoms in total. The van der Waals surface area contributed by atoms with Crippen molar-refractivity contribution in [3.05, 3.63) is 0 Å². The van der Waals surface area contributed by atoms with Gasteiger partial charge in [-0.2, -0.15) is 0 Å². The molecule has 2 rings (SSSR count). The Hall–Kier alpha value is -0.160. The van der Waals surface area contributed by atoms with Crippen molar-refractivity contribution in [2.24, 2.45) is 5.92 Å². The van der Waals surface area contributed by atoms with E-state index < -0.39 is 0 Å². The number of likely N-dealkylation sites (tertiary alicyclic amines) is 1. The van der Waals surface area contributed by atoms with Crippen LogP contribution in [0.4, 0.5) is 0 Å². The summed E-state index contributed by atoms with van der Waals surface area (Å²) < 4.78 is 5.80. The molecule has 19 heavy (non-hydrogen) atoms.